The number of alkyl halides is 5. The smallest absolute Gasteiger partial charge is 0.351 e. The van der Waals surface area contributed by atoms with E-state index < -0.39 is 42.4 Å². The van der Waals surface area contributed by atoms with Gasteiger partial charge >= 0.3 is 12.1 Å². The highest BCUT2D eigenvalue weighted by Gasteiger charge is 2.46. The lowest BCUT2D eigenvalue weighted by atomic mass is 10.1. The maximum atomic E-state index is 12.8. The lowest BCUT2D eigenvalue weighted by Crippen LogP contribution is -2.56. The number of rotatable bonds is 2. The van der Waals surface area contributed by atoms with Crippen LogP contribution in [-0.2, 0) is 9.63 Å². The fraction of sp³-hybridized carbons (Fsp3) is 0.333. The summed E-state index contributed by atoms with van der Waals surface area (Å²) in [6.07, 6.45) is -3.81. The Bertz CT molecular complexity index is 684. The van der Waals surface area contributed by atoms with Crippen LogP contribution < -0.4 is 4.90 Å². The van der Waals surface area contributed by atoms with Crippen molar-refractivity contribution in [2.24, 2.45) is 5.16 Å². The van der Waals surface area contributed by atoms with Crippen molar-refractivity contribution >= 4 is 34.1 Å². The lowest BCUT2D eigenvalue weighted by molar-refractivity contribution is -0.136. The molecule has 0 aromatic carbocycles. The maximum Gasteiger partial charge on any atom is 0.437 e. The summed E-state index contributed by atoms with van der Waals surface area (Å²) in [5, 5.41) is 3.22. The Balaban J connectivity index is 1.82. The molecule has 22 heavy (non-hydrogen) atoms. The molecule has 4 nitrogen and oxygen atoms in total. The van der Waals surface area contributed by atoms with E-state index in [1.807, 2.05) is 0 Å². The van der Waals surface area contributed by atoms with Gasteiger partial charge in [-0.15, -0.1) is 11.3 Å². The molecule has 1 fully saturated rings. The van der Waals surface area contributed by atoms with Crippen LogP contribution in [0.1, 0.15) is 4.88 Å². The molecule has 0 bridgehead atoms. The first kappa shape index (κ1) is 14.9. The number of hydrogen-bond donors (Lipinski definition) is 0. The van der Waals surface area contributed by atoms with Crippen LogP contribution in [0.25, 0.3) is 6.08 Å². The van der Waals surface area contributed by atoms with Crippen molar-refractivity contribution in [3.05, 3.63) is 22.6 Å². The number of nitrogens with zero attached hydrogens (tertiary/aromatic N) is 2. The summed E-state index contributed by atoms with van der Waals surface area (Å²) in [6.45, 7) is -0.859. The van der Waals surface area contributed by atoms with Gasteiger partial charge in [0.2, 0.25) is 0 Å². The van der Waals surface area contributed by atoms with Gasteiger partial charge in [-0.05, 0) is 18.2 Å². The number of halogens is 5. The van der Waals surface area contributed by atoms with Crippen molar-refractivity contribution in [1.29, 1.82) is 0 Å². The van der Waals surface area contributed by atoms with Crippen molar-refractivity contribution in [3.63, 3.8) is 0 Å². The van der Waals surface area contributed by atoms with Crippen molar-refractivity contribution in [2.45, 2.75) is 12.1 Å². The fourth-order valence-electron chi connectivity index (χ4n) is 2.01. The maximum absolute atomic E-state index is 12.8. The van der Waals surface area contributed by atoms with E-state index in [-0.39, 0.29) is 0 Å². The molecular weight excluding hydrogens is 331 g/mol. The third kappa shape index (κ3) is 2.70. The molecule has 2 aliphatic heterocycles. The minimum Gasteiger partial charge on any atom is -0.351 e. The van der Waals surface area contributed by atoms with Crippen molar-refractivity contribution < 1.29 is 31.6 Å². The molecule has 1 aromatic heterocycles. The first-order valence-electron chi connectivity index (χ1n) is 5.97. The fourth-order valence-corrected chi connectivity index (χ4v) is 2.96. The zero-order chi connectivity index (χ0) is 16.1. The Morgan fingerprint density at radius 2 is 2.00 bits per heavy atom. The normalized spacial score (nSPS) is 22.6. The molecule has 0 spiro atoms. The second kappa shape index (κ2) is 4.77. The summed E-state index contributed by atoms with van der Waals surface area (Å²) < 4.78 is 63.6. The molecule has 0 amide bonds. The number of thiophene rings is 1. The van der Waals surface area contributed by atoms with E-state index in [9.17, 15) is 26.7 Å². The number of carbonyl (C=O) groups is 1. The summed E-state index contributed by atoms with van der Waals surface area (Å²) in [6, 6.07) is 2.96. The van der Waals surface area contributed by atoms with E-state index in [2.05, 4.69) is 9.99 Å². The molecule has 0 unspecified atom stereocenters. The van der Waals surface area contributed by atoms with Gasteiger partial charge < -0.3 is 9.74 Å². The van der Waals surface area contributed by atoms with Gasteiger partial charge in [0.25, 0.3) is 5.92 Å². The zero-order valence-corrected chi connectivity index (χ0v) is 11.5. The molecule has 118 valence electrons. The first-order valence-corrected chi connectivity index (χ1v) is 6.79. The van der Waals surface area contributed by atoms with Crippen LogP contribution in [0.4, 0.5) is 27.0 Å². The van der Waals surface area contributed by atoms with Gasteiger partial charge in [0, 0.05) is 4.88 Å². The van der Waals surface area contributed by atoms with E-state index in [1.54, 1.807) is 0 Å². The topological polar surface area (TPSA) is 41.9 Å². The standard InChI is InChI=1S/C12H7F5N2O2S/c13-11(14)4-19(5-11)8-2-1-6(22-8)3-7-9(12(15,16)17)18-21-10(7)20/h1-3H,4-5H2. The first-order chi connectivity index (χ1) is 10.2. The molecule has 2 aliphatic rings. The van der Waals surface area contributed by atoms with Crippen LogP contribution in [0.15, 0.2) is 22.9 Å². The second-order valence-electron chi connectivity index (χ2n) is 4.76. The third-order valence-electron chi connectivity index (χ3n) is 3.02. The average Bonchev–Trinajstić information content (AvgIpc) is 2.94. The van der Waals surface area contributed by atoms with E-state index in [4.69, 9.17) is 0 Å². The Hall–Kier alpha value is -1.97. The van der Waals surface area contributed by atoms with Gasteiger partial charge in [0.1, 0.15) is 0 Å². The second-order valence-corrected chi connectivity index (χ2v) is 5.86. The number of anilines is 1. The highest BCUT2D eigenvalue weighted by atomic mass is 32.1. The molecular formula is C12H7F5N2O2S. The Labute approximate surface area is 124 Å². The van der Waals surface area contributed by atoms with Gasteiger partial charge in [0.05, 0.1) is 23.7 Å². The minimum atomic E-state index is -4.81. The molecule has 3 rings (SSSR count). The summed E-state index contributed by atoms with van der Waals surface area (Å²) in [7, 11) is 0. The van der Waals surface area contributed by atoms with Crippen LogP contribution in [0.5, 0.6) is 0 Å². The molecule has 0 atom stereocenters. The van der Waals surface area contributed by atoms with Crippen LogP contribution in [-0.4, -0.2) is 36.9 Å². The van der Waals surface area contributed by atoms with E-state index >= 15 is 0 Å². The van der Waals surface area contributed by atoms with E-state index in [0.29, 0.717) is 9.88 Å². The number of carbonyl (C=O) groups excluding carboxylic acids is 1. The van der Waals surface area contributed by atoms with Crippen molar-refractivity contribution in [1.82, 2.24) is 0 Å². The Morgan fingerprint density at radius 3 is 2.59 bits per heavy atom. The van der Waals surface area contributed by atoms with Gasteiger partial charge in [-0.25, -0.2) is 13.6 Å². The van der Waals surface area contributed by atoms with Crippen LogP contribution in [0.3, 0.4) is 0 Å². The van der Waals surface area contributed by atoms with Crippen molar-refractivity contribution in [2.75, 3.05) is 18.0 Å². The Kier molecular flexibility index (Phi) is 3.24. The molecule has 0 radical (unpaired) electrons. The van der Waals surface area contributed by atoms with Gasteiger partial charge in [0.15, 0.2) is 5.71 Å². The molecule has 1 saturated heterocycles. The predicted octanol–water partition coefficient (Wildman–Crippen LogP) is 3.06. The molecule has 3 heterocycles. The van der Waals surface area contributed by atoms with E-state index in [1.165, 1.54) is 17.0 Å². The molecule has 0 saturated carbocycles. The highest BCUT2D eigenvalue weighted by molar-refractivity contribution is 7.17. The summed E-state index contributed by atoms with van der Waals surface area (Å²) in [5.74, 6) is -3.94. The van der Waals surface area contributed by atoms with Gasteiger partial charge in [-0.1, -0.05) is 5.16 Å². The van der Waals surface area contributed by atoms with E-state index in [0.717, 1.165) is 17.4 Å². The monoisotopic (exact) mass is 338 g/mol. The van der Waals surface area contributed by atoms with Crippen LogP contribution >= 0.6 is 11.3 Å². The summed E-state index contributed by atoms with van der Waals surface area (Å²) >= 11 is 1.01. The lowest BCUT2D eigenvalue weighted by Gasteiger charge is -2.39. The van der Waals surface area contributed by atoms with Crippen LogP contribution in [0.2, 0.25) is 0 Å². The molecule has 0 N–H and O–H groups in total. The average molecular weight is 338 g/mol. The molecule has 1 aromatic rings. The van der Waals surface area contributed by atoms with Crippen LogP contribution in [0, 0.1) is 0 Å². The highest BCUT2D eigenvalue weighted by Crippen LogP contribution is 2.37. The SMILES string of the molecule is O=C1ON=C(C(F)(F)F)C1=Cc1ccc(N2CC(F)(F)C2)s1. The number of oxime groups is 1. The summed E-state index contributed by atoms with van der Waals surface area (Å²) in [4.78, 5) is 17.1. The largest absolute Gasteiger partial charge is 0.437 e. The quantitative estimate of drug-likeness (QED) is 0.473. The Morgan fingerprint density at radius 1 is 1.32 bits per heavy atom. The summed E-state index contributed by atoms with van der Waals surface area (Å²) in [5.41, 5.74) is -2.10. The molecule has 0 aliphatic carbocycles. The van der Waals surface area contributed by atoms with Crippen molar-refractivity contribution in [3.8, 4) is 0 Å². The molecule has 10 heteroatoms. The zero-order valence-electron chi connectivity index (χ0n) is 10.7. The predicted molar refractivity (Wildman–Crippen MR) is 69.0 cm³/mol. The minimum absolute atomic E-state index is 0.316. The van der Waals surface area contributed by atoms with Gasteiger partial charge in [-0.2, -0.15) is 13.2 Å². The number of hydrogen-bond acceptors (Lipinski definition) is 5. The van der Waals surface area contributed by atoms with Gasteiger partial charge in [-0.3, -0.25) is 0 Å². The third-order valence-corrected chi connectivity index (χ3v) is 4.11.